The van der Waals surface area contributed by atoms with Gasteiger partial charge in [-0.15, -0.1) is 0 Å². The molecule has 0 heterocycles. The standard InChI is InChI=1S/C21H24O/c1-13-2-3-17-12-18(5-4-16(17)6-13)21(22)19-8-14-7-15(10-19)11-20(21)9-14/h2-6,12,14-15,19-20,22H,7-11H2,1H3. The van der Waals surface area contributed by atoms with Crippen molar-refractivity contribution in [3.8, 4) is 0 Å². The summed E-state index contributed by atoms with van der Waals surface area (Å²) in [5.41, 5.74) is 1.91. The Hall–Kier alpha value is -1.34. The van der Waals surface area contributed by atoms with Crippen LogP contribution in [0, 0.1) is 30.6 Å². The Kier molecular flexibility index (Phi) is 2.60. The lowest BCUT2D eigenvalue weighted by Gasteiger charge is -2.59. The van der Waals surface area contributed by atoms with Gasteiger partial charge in [0.2, 0.25) is 0 Å². The first-order chi connectivity index (χ1) is 10.6. The highest BCUT2D eigenvalue weighted by atomic mass is 16.3. The van der Waals surface area contributed by atoms with Gasteiger partial charge in [0, 0.05) is 0 Å². The summed E-state index contributed by atoms with van der Waals surface area (Å²) >= 11 is 0. The Bertz CT molecular complexity index is 717. The second kappa shape index (κ2) is 4.35. The first-order valence-corrected chi connectivity index (χ1v) is 8.86. The first-order valence-electron chi connectivity index (χ1n) is 8.86. The molecule has 22 heavy (non-hydrogen) atoms. The molecule has 4 bridgehead atoms. The molecule has 2 aromatic rings. The summed E-state index contributed by atoms with van der Waals surface area (Å²) in [6.07, 6.45) is 6.41. The molecule has 0 aromatic heterocycles. The smallest absolute Gasteiger partial charge is 0.0953 e. The number of benzene rings is 2. The Balaban J connectivity index is 1.62. The van der Waals surface area contributed by atoms with Crippen molar-refractivity contribution in [2.24, 2.45) is 23.7 Å². The molecule has 0 unspecified atom stereocenters. The summed E-state index contributed by atoms with van der Waals surface area (Å²) in [5, 5.41) is 14.2. The molecule has 4 aliphatic carbocycles. The average molecular weight is 292 g/mol. The van der Waals surface area contributed by atoms with Crippen LogP contribution in [0.2, 0.25) is 0 Å². The van der Waals surface area contributed by atoms with Gasteiger partial charge < -0.3 is 5.11 Å². The molecule has 6 rings (SSSR count). The fourth-order valence-corrected chi connectivity index (χ4v) is 5.99. The Morgan fingerprint density at radius 3 is 2.09 bits per heavy atom. The van der Waals surface area contributed by atoms with Crippen LogP contribution in [0.3, 0.4) is 0 Å². The van der Waals surface area contributed by atoms with Gasteiger partial charge in [-0.25, -0.2) is 0 Å². The number of aryl methyl sites for hydroxylation is 1. The highest BCUT2D eigenvalue weighted by Gasteiger charge is 2.57. The maximum Gasteiger partial charge on any atom is 0.0953 e. The van der Waals surface area contributed by atoms with Crippen molar-refractivity contribution in [1.82, 2.24) is 0 Å². The van der Waals surface area contributed by atoms with E-state index >= 15 is 0 Å². The summed E-state index contributed by atoms with van der Waals surface area (Å²) in [5.74, 6) is 2.77. The van der Waals surface area contributed by atoms with Crippen molar-refractivity contribution >= 4 is 10.8 Å². The minimum atomic E-state index is -0.563. The van der Waals surface area contributed by atoms with Gasteiger partial charge in [-0.3, -0.25) is 0 Å². The van der Waals surface area contributed by atoms with E-state index in [1.807, 2.05) is 0 Å². The van der Waals surface area contributed by atoms with Gasteiger partial charge in [-0.2, -0.15) is 0 Å². The lowest BCUT2D eigenvalue weighted by Crippen LogP contribution is -2.55. The topological polar surface area (TPSA) is 20.2 Å². The van der Waals surface area contributed by atoms with Crippen LogP contribution in [0.4, 0.5) is 0 Å². The highest BCUT2D eigenvalue weighted by Crippen LogP contribution is 2.61. The molecule has 0 radical (unpaired) electrons. The molecule has 114 valence electrons. The van der Waals surface area contributed by atoms with Gasteiger partial charge in [0.05, 0.1) is 5.60 Å². The van der Waals surface area contributed by atoms with Gasteiger partial charge in [0.15, 0.2) is 0 Å². The number of hydrogen-bond donors (Lipinski definition) is 1. The van der Waals surface area contributed by atoms with Crippen molar-refractivity contribution < 1.29 is 5.11 Å². The largest absolute Gasteiger partial charge is 0.385 e. The van der Waals surface area contributed by atoms with Crippen molar-refractivity contribution in [1.29, 1.82) is 0 Å². The summed E-state index contributed by atoms with van der Waals surface area (Å²) in [6, 6.07) is 13.3. The SMILES string of the molecule is Cc1ccc2cc(C3(O)C4CC5CC(C4)CC3C5)ccc2c1. The van der Waals surface area contributed by atoms with Crippen LogP contribution >= 0.6 is 0 Å². The van der Waals surface area contributed by atoms with Crippen molar-refractivity contribution in [2.45, 2.75) is 44.6 Å². The fraction of sp³-hybridized carbons (Fsp3) is 0.524. The van der Waals surface area contributed by atoms with E-state index in [0.29, 0.717) is 11.8 Å². The summed E-state index contributed by atoms with van der Waals surface area (Å²) in [4.78, 5) is 0. The van der Waals surface area contributed by atoms with Crippen molar-refractivity contribution in [3.63, 3.8) is 0 Å². The van der Waals surface area contributed by atoms with Crippen LogP contribution in [0.25, 0.3) is 10.8 Å². The molecule has 1 N–H and O–H groups in total. The van der Waals surface area contributed by atoms with E-state index in [-0.39, 0.29) is 0 Å². The molecule has 4 fully saturated rings. The van der Waals surface area contributed by atoms with Crippen LogP contribution in [0.1, 0.15) is 43.2 Å². The minimum absolute atomic E-state index is 0.492. The second-order valence-electron chi connectivity index (χ2n) is 8.20. The minimum Gasteiger partial charge on any atom is -0.385 e. The molecule has 1 heteroatoms. The Labute approximate surface area is 132 Å². The number of aliphatic hydroxyl groups is 1. The summed E-state index contributed by atoms with van der Waals surface area (Å²) in [6.45, 7) is 2.14. The van der Waals surface area contributed by atoms with Gasteiger partial charge in [-0.1, -0.05) is 35.9 Å². The molecule has 0 amide bonds. The molecule has 2 aromatic carbocycles. The molecule has 0 spiro atoms. The first kappa shape index (κ1) is 13.1. The number of fused-ring (bicyclic) bond motifs is 1. The van der Waals surface area contributed by atoms with E-state index in [2.05, 4.69) is 43.3 Å². The molecule has 4 aliphatic rings. The second-order valence-corrected chi connectivity index (χ2v) is 8.20. The molecule has 0 saturated heterocycles. The Morgan fingerprint density at radius 1 is 0.818 bits per heavy atom. The van der Waals surface area contributed by atoms with E-state index in [4.69, 9.17) is 0 Å². The summed E-state index contributed by atoms with van der Waals surface area (Å²) < 4.78 is 0. The third-order valence-corrected chi connectivity index (χ3v) is 6.84. The highest BCUT2D eigenvalue weighted by molar-refractivity contribution is 5.84. The monoisotopic (exact) mass is 292 g/mol. The zero-order chi connectivity index (χ0) is 14.9. The van der Waals surface area contributed by atoms with E-state index in [1.54, 1.807) is 0 Å². The van der Waals surface area contributed by atoms with Crippen molar-refractivity contribution in [3.05, 3.63) is 47.5 Å². The van der Waals surface area contributed by atoms with Crippen LogP contribution in [0.15, 0.2) is 36.4 Å². The number of rotatable bonds is 1. The molecular formula is C21H24O. The van der Waals surface area contributed by atoms with Gasteiger partial charge >= 0.3 is 0 Å². The molecule has 0 aliphatic heterocycles. The van der Waals surface area contributed by atoms with Gasteiger partial charge in [0.1, 0.15) is 0 Å². The average Bonchev–Trinajstić information content (AvgIpc) is 2.51. The van der Waals surface area contributed by atoms with E-state index in [0.717, 1.165) is 11.8 Å². The van der Waals surface area contributed by atoms with Gasteiger partial charge in [0.25, 0.3) is 0 Å². The molecule has 4 saturated carbocycles. The van der Waals surface area contributed by atoms with Crippen molar-refractivity contribution in [2.75, 3.05) is 0 Å². The Morgan fingerprint density at radius 2 is 1.41 bits per heavy atom. The molecule has 0 atom stereocenters. The quantitative estimate of drug-likeness (QED) is 0.801. The third-order valence-electron chi connectivity index (χ3n) is 6.84. The van der Waals surface area contributed by atoms with Crippen LogP contribution in [0.5, 0.6) is 0 Å². The van der Waals surface area contributed by atoms with Crippen LogP contribution in [-0.2, 0) is 5.60 Å². The van der Waals surface area contributed by atoms with Crippen LogP contribution in [-0.4, -0.2) is 5.11 Å². The molecule has 1 nitrogen and oxygen atoms in total. The summed E-state index contributed by atoms with van der Waals surface area (Å²) in [7, 11) is 0. The van der Waals surface area contributed by atoms with E-state index in [1.165, 1.54) is 54.0 Å². The fourth-order valence-electron chi connectivity index (χ4n) is 5.99. The molecular weight excluding hydrogens is 268 g/mol. The predicted molar refractivity (Wildman–Crippen MR) is 89.6 cm³/mol. The van der Waals surface area contributed by atoms with Gasteiger partial charge in [-0.05, 0) is 85.1 Å². The van der Waals surface area contributed by atoms with E-state index < -0.39 is 5.60 Å². The number of hydrogen-bond acceptors (Lipinski definition) is 1. The predicted octanol–water partition coefficient (Wildman–Crippen LogP) is 4.79. The van der Waals surface area contributed by atoms with E-state index in [9.17, 15) is 5.11 Å². The lowest BCUT2D eigenvalue weighted by atomic mass is 9.48. The maximum atomic E-state index is 11.7. The normalized spacial score (nSPS) is 39.5. The zero-order valence-corrected chi connectivity index (χ0v) is 13.3. The third kappa shape index (κ3) is 1.69. The van der Waals surface area contributed by atoms with Crippen LogP contribution < -0.4 is 0 Å². The zero-order valence-electron chi connectivity index (χ0n) is 13.3. The lowest BCUT2D eigenvalue weighted by molar-refractivity contribution is -0.179. The maximum absolute atomic E-state index is 11.7.